The number of anilines is 2. The lowest BCUT2D eigenvalue weighted by molar-refractivity contribution is -0.122. The first-order chi connectivity index (χ1) is 11.8. The Morgan fingerprint density at radius 3 is 2.64 bits per heavy atom. The van der Waals surface area contributed by atoms with E-state index in [2.05, 4.69) is 5.32 Å². The van der Waals surface area contributed by atoms with Gasteiger partial charge in [-0.25, -0.2) is 4.39 Å². The molecule has 4 nitrogen and oxygen atoms in total. The molecule has 2 aromatic carbocycles. The van der Waals surface area contributed by atoms with E-state index in [1.807, 2.05) is 32.0 Å². The molecule has 6 heteroatoms. The van der Waals surface area contributed by atoms with E-state index < -0.39 is 11.7 Å². The molecular weight excluding hydrogens is 343 g/mol. The monoisotopic (exact) mass is 360 g/mol. The topological polar surface area (TPSA) is 49.4 Å². The Labute approximate surface area is 150 Å². The molecule has 1 aliphatic rings. The van der Waals surface area contributed by atoms with Crippen molar-refractivity contribution in [2.45, 2.75) is 20.3 Å². The van der Waals surface area contributed by atoms with Crippen molar-refractivity contribution in [3.8, 4) is 0 Å². The zero-order valence-corrected chi connectivity index (χ0v) is 14.7. The van der Waals surface area contributed by atoms with Gasteiger partial charge in [0.25, 0.3) is 0 Å². The molecule has 0 aromatic heterocycles. The summed E-state index contributed by atoms with van der Waals surface area (Å²) >= 11 is 5.72. The SMILES string of the molecule is Cc1ccc(N2C[C@@H](C(=O)Nc3ccc(F)c(Cl)c3)CC2=O)cc1C. The zero-order valence-electron chi connectivity index (χ0n) is 14.0. The van der Waals surface area contributed by atoms with Gasteiger partial charge in [-0.1, -0.05) is 17.7 Å². The highest BCUT2D eigenvalue weighted by molar-refractivity contribution is 6.31. The molecule has 130 valence electrons. The molecule has 3 rings (SSSR count). The predicted octanol–water partition coefficient (Wildman–Crippen LogP) is 4.09. The lowest BCUT2D eigenvalue weighted by Crippen LogP contribution is -2.28. The average Bonchev–Trinajstić information content (AvgIpc) is 2.95. The highest BCUT2D eigenvalue weighted by Gasteiger charge is 2.35. The molecule has 1 saturated heterocycles. The first kappa shape index (κ1) is 17.4. The average molecular weight is 361 g/mol. The molecule has 1 atom stereocenters. The molecular formula is C19H18ClFN2O2. The van der Waals surface area contributed by atoms with Gasteiger partial charge in [0, 0.05) is 24.3 Å². The second-order valence-electron chi connectivity index (χ2n) is 6.29. The van der Waals surface area contributed by atoms with Crippen molar-refractivity contribution in [3.63, 3.8) is 0 Å². The van der Waals surface area contributed by atoms with E-state index in [0.29, 0.717) is 12.2 Å². The van der Waals surface area contributed by atoms with Gasteiger partial charge in [-0.15, -0.1) is 0 Å². The van der Waals surface area contributed by atoms with Crippen LogP contribution < -0.4 is 10.2 Å². The summed E-state index contributed by atoms with van der Waals surface area (Å²) in [6.45, 7) is 4.32. The Bertz CT molecular complexity index is 853. The first-order valence-electron chi connectivity index (χ1n) is 7.98. The standard InChI is InChI=1S/C19H18ClFN2O2/c1-11-3-5-15(7-12(11)2)23-10-13(8-18(23)24)19(25)22-14-4-6-17(21)16(20)9-14/h3-7,9,13H,8,10H2,1-2H3,(H,22,25)/t13-/m0/s1. The summed E-state index contributed by atoms with van der Waals surface area (Å²) in [6.07, 6.45) is 0.147. The number of nitrogens with one attached hydrogen (secondary N) is 1. The van der Waals surface area contributed by atoms with Crippen LogP contribution in [0.15, 0.2) is 36.4 Å². The largest absolute Gasteiger partial charge is 0.326 e. The Morgan fingerprint density at radius 2 is 1.96 bits per heavy atom. The van der Waals surface area contributed by atoms with Crippen molar-refractivity contribution in [1.82, 2.24) is 0 Å². The number of nitrogens with zero attached hydrogens (tertiary/aromatic N) is 1. The number of aryl methyl sites for hydroxylation is 2. The fourth-order valence-corrected chi connectivity index (χ4v) is 3.02. The molecule has 0 spiro atoms. The number of hydrogen-bond acceptors (Lipinski definition) is 2. The fraction of sp³-hybridized carbons (Fsp3) is 0.263. The van der Waals surface area contributed by atoms with Gasteiger partial charge >= 0.3 is 0 Å². The highest BCUT2D eigenvalue weighted by Crippen LogP contribution is 2.28. The Morgan fingerprint density at radius 1 is 1.20 bits per heavy atom. The van der Waals surface area contributed by atoms with Crippen LogP contribution in [0, 0.1) is 25.6 Å². The summed E-state index contributed by atoms with van der Waals surface area (Å²) in [5.74, 6) is -1.36. The third-order valence-corrected chi connectivity index (χ3v) is 4.77. The van der Waals surface area contributed by atoms with Crippen LogP contribution in [-0.2, 0) is 9.59 Å². The minimum atomic E-state index is -0.545. The molecule has 0 bridgehead atoms. The van der Waals surface area contributed by atoms with E-state index in [-0.39, 0.29) is 23.3 Å². The molecule has 2 amide bonds. The molecule has 0 aliphatic carbocycles. The maximum atomic E-state index is 13.2. The van der Waals surface area contributed by atoms with Crippen molar-refractivity contribution < 1.29 is 14.0 Å². The Balaban J connectivity index is 1.71. The van der Waals surface area contributed by atoms with Crippen molar-refractivity contribution in [2.75, 3.05) is 16.8 Å². The van der Waals surface area contributed by atoms with Crippen LogP contribution in [-0.4, -0.2) is 18.4 Å². The number of carbonyl (C=O) groups is 2. The third kappa shape index (κ3) is 3.66. The van der Waals surface area contributed by atoms with Crippen LogP contribution in [0.3, 0.4) is 0 Å². The summed E-state index contributed by atoms with van der Waals surface area (Å²) < 4.78 is 13.2. The van der Waals surface area contributed by atoms with Crippen LogP contribution in [0.25, 0.3) is 0 Å². The van der Waals surface area contributed by atoms with Crippen LogP contribution in [0.1, 0.15) is 17.5 Å². The fourth-order valence-electron chi connectivity index (χ4n) is 2.84. The van der Waals surface area contributed by atoms with Gasteiger partial charge in [0.2, 0.25) is 11.8 Å². The van der Waals surface area contributed by atoms with E-state index >= 15 is 0 Å². The molecule has 1 fully saturated rings. The van der Waals surface area contributed by atoms with Crippen LogP contribution in [0.5, 0.6) is 0 Å². The zero-order chi connectivity index (χ0) is 18.1. The second kappa shape index (κ2) is 6.84. The van der Waals surface area contributed by atoms with Crippen molar-refractivity contribution in [2.24, 2.45) is 5.92 Å². The van der Waals surface area contributed by atoms with Crippen molar-refractivity contribution >= 4 is 34.8 Å². The van der Waals surface area contributed by atoms with E-state index in [0.717, 1.165) is 16.8 Å². The van der Waals surface area contributed by atoms with Crippen LogP contribution >= 0.6 is 11.6 Å². The predicted molar refractivity (Wildman–Crippen MR) is 96.4 cm³/mol. The molecule has 0 saturated carbocycles. The molecule has 1 aliphatic heterocycles. The van der Waals surface area contributed by atoms with E-state index in [1.54, 1.807) is 4.90 Å². The van der Waals surface area contributed by atoms with Gasteiger partial charge in [0.1, 0.15) is 5.82 Å². The maximum absolute atomic E-state index is 13.2. The number of halogens is 2. The molecule has 1 N–H and O–H groups in total. The summed E-state index contributed by atoms with van der Waals surface area (Å²) in [5, 5.41) is 2.64. The minimum Gasteiger partial charge on any atom is -0.326 e. The number of amides is 2. The van der Waals surface area contributed by atoms with Gasteiger partial charge in [0.05, 0.1) is 10.9 Å². The number of hydrogen-bond donors (Lipinski definition) is 1. The molecule has 0 unspecified atom stereocenters. The van der Waals surface area contributed by atoms with Gasteiger partial charge < -0.3 is 10.2 Å². The Hall–Kier alpha value is -2.40. The van der Waals surface area contributed by atoms with Crippen LogP contribution in [0.2, 0.25) is 5.02 Å². The molecule has 2 aromatic rings. The highest BCUT2D eigenvalue weighted by atomic mass is 35.5. The summed E-state index contributed by atoms with van der Waals surface area (Å²) in [7, 11) is 0. The summed E-state index contributed by atoms with van der Waals surface area (Å²) in [5.41, 5.74) is 3.46. The van der Waals surface area contributed by atoms with E-state index in [9.17, 15) is 14.0 Å². The van der Waals surface area contributed by atoms with Crippen molar-refractivity contribution in [1.29, 1.82) is 0 Å². The third-order valence-electron chi connectivity index (χ3n) is 4.49. The quantitative estimate of drug-likeness (QED) is 0.896. The van der Waals surface area contributed by atoms with Gasteiger partial charge in [-0.2, -0.15) is 0 Å². The number of carbonyl (C=O) groups excluding carboxylic acids is 2. The summed E-state index contributed by atoms with van der Waals surface area (Å²) in [6, 6.07) is 9.79. The van der Waals surface area contributed by atoms with E-state index in [1.165, 1.54) is 18.2 Å². The van der Waals surface area contributed by atoms with Crippen LogP contribution in [0.4, 0.5) is 15.8 Å². The lowest BCUT2D eigenvalue weighted by Gasteiger charge is -2.18. The minimum absolute atomic E-state index is 0.0583. The first-order valence-corrected chi connectivity index (χ1v) is 8.36. The number of benzene rings is 2. The Kier molecular flexibility index (Phi) is 4.77. The van der Waals surface area contributed by atoms with E-state index in [4.69, 9.17) is 11.6 Å². The number of rotatable bonds is 3. The van der Waals surface area contributed by atoms with Gasteiger partial charge in [0.15, 0.2) is 0 Å². The lowest BCUT2D eigenvalue weighted by atomic mass is 10.1. The second-order valence-corrected chi connectivity index (χ2v) is 6.70. The molecule has 0 radical (unpaired) electrons. The maximum Gasteiger partial charge on any atom is 0.229 e. The van der Waals surface area contributed by atoms with Gasteiger partial charge in [-0.05, 0) is 55.3 Å². The van der Waals surface area contributed by atoms with Gasteiger partial charge in [-0.3, -0.25) is 9.59 Å². The normalized spacial score (nSPS) is 17.0. The molecule has 1 heterocycles. The summed E-state index contributed by atoms with van der Waals surface area (Å²) in [4.78, 5) is 26.4. The van der Waals surface area contributed by atoms with Crippen molar-refractivity contribution in [3.05, 3.63) is 58.4 Å². The smallest absolute Gasteiger partial charge is 0.229 e. The molecule has 25 heavy (non-hydrogen) atoms.